The third kappa shape index (κ3) is 9.36. The predicted molar refractivity (Wildman–Crippen MR) is 112 cm³/mol. The van der Waals surface area contributed by atoms with Crippen molar-refractivity contribution in [3.63, 3.8) is 0 Å². The van der Waals surface area contributed by atoms with Gasteiger partial charge in [-0.25, -0.2) is 4.79 Å². The molecule has 1 aromatic heterocycles. The lowest BCUT2D eigenvalue weighted by Crippen LogP contribution is -2.37. The molecule has 1 aromatic carbocycles. The molecule has 6 nitrogen and oxygen atoms in total. The van der Waals surface area contributed by atoms with Crippen LogP contribution in [0.4, 0.5) is 22.1 Å². The Hall–Kier alpha value is -3.11. The monoisotopic (exact) mass is 458 g/mol. The van der Waals surface area contributed by atoms with Crippen LogP contribution in [0.5, 0.6) is 5.75 Å². The fourth-order valence-corrected chi connectivity index (χ4v) is 2.72. The fourth-order valence-electron chi connectivity index (χ4n) is 2.72. The molecule has 0 unspecified atom stereocenters. The Labute approximate surface area is 184 Å². The van der Waals surface area contributed by atoms with Gasteiger partial charge in [0.2, 0.25) is 0 Å². The molecule has 0 atom stereocenters. The molecule has 32 heavy (non-hydrogen) atoms. The Balaban J connectivity index is 0.000000920. The van der Waals surface area contributed by atoms with Crippen molar-refractivity contribution in [2.75, 3.05) is 7.05 Å². The SMILES string of the molecule is CNC(=O)c1ccc[n+](COC(=O)Oc2c(C(C)C)cccc2C(C)C)c1.F[B-](F)(F)F. The number of hydrogen-bond donors (Lipinski definition) is 1. The minimum absolute atomic E-state index is 0.0511. The van der Waals surface area contributed by atoms with Crippen molar-refractivity contribution >= 4 is 19.3 Å². The van der Waals surface area contributed by atoms with E-state index in [1.165, 1.54) is 0 Å². The Morgan fingerprint density at radius 1 is 1.00 bits per heavy atom. The second-order valence-corrected chi connectivity index (χ2v) is 7.38. The number of ether oxygens (including phenoxy) is 2. The average molecular weight is 458 g/mol. The minimum Gasteiger partial charge on any atom is -0.418 e. The molecule has 0 aliphatic rings. The minimum atomic E-state index is -6.00. The number of pyridine rings is 1. The zero-order valence-corrected chi connectivity index (χ0v) is 18.6. The summed E-state index contributed by atoms with van der Waals surface area (Å²) in [5.74, 6) is 0.784. The highest BCUT2D eigenvalue weighted by Gasteiger charge is 2.21. The summed E-state index contributed by atoms with van der Waals surface area (Å²) in [5, 5.41) is 2.55. The van der Waals surface area contributed by atoms with Crippen LogP contribution in [0.15, 0.2) is 42.7 Å². The van der Waals surface area contributed by atoms with Crippen molar-refractivity contribution in [2.24, 2.45) is 0 Å². The normalized spacial score (nSPS) is 11.0. The summed E-state index contributed by atoms with van der Waals surface area (Å²) in [6.45, 7) is 8.16. The van der Waals surface area contributed by atoms with Crippen LogP contribution in [-0.2, 0) is 11.5 Å². The largest absolute Gasteiger partial charge is 0.673 e. The van der Waals surface area contributed by atoms with Gasteiger partial charge in [0.05, 0.1) is 0 Å². The van der Waals surface area contributed by atoms with E-state index in [1.54, 1.807) is 36.1 Å². The maximum Gasteiger partial charge on any atom is 0.673 e. The van der Waals surface area contributed by atoms with E-state index in [9.17, 15) is 26.9 Å². The number of para-hydroxylation sites is 1. The first-order valence-corrected chi connectivity index (χ1v) is 9.89. The molecule has 0 spiro atoms. The number of nitrogens with one attached hydrogen (secondary N) is 1. The van der Waals surface area contributed by atoms with Gasteiger partial charge in [0.1, 0.15) is 11.3 Å². The zero-order chi connectivity index (χ0) is 24.5. The molecule has 2 aromatic rings. The van der Waals surface area contributed by atoms with E-state index in [1.807, 2.05) is 18.2 Å². The van der Waals surface area contributed by atoms with Gasteiger partial charge < -0.3 is 32.1 Å². The Morgan fingerprint density at radius 3 is 2.00 bits per heavy atom. The summed E-state index contributed by atoms with van der Waals surface area (Å²) in [6, 6.07) is 9.29. The summed E-state index contributed by atoms with van der Waals surface area (Å²) in [5.41, 5.74) is 2.41. The second-order valence-electron chi connectivity index (χ2n) is 7.38. The van der Waals surface area contributed by atoms with Crippen LogP contribution in [0, 0.1) is 0 Å². The number of carbonyl (C=O) groups excluding carboxylic acids is 2. The van der Waals surface area contributed by atoms with Crippen molar-refractivity contribution in [3.05, 3.63) is 59.4 Å². The molecule has 1 heterocycles. The van der Waals surface area contributed by atoms with Crippen molar-refractivity contribution < 1.29 is 40.9 Å². The van der Waals surface area contributed by atoms with E-state index in [4.69, 9.17) is 9.47 Å². The Kier molecular flexibility index (Phi) is 10.2. The van der Waals surface area contributed by atoms with E-state index in [2.05, 4.69) is 33.0 Å². The quantitative estimate of drug-likeness (QED) is 0.216. The number of halogens is 4. The third-order valence-corrected chi connectivity index (χ3v) is 4.18. The summed E-state index contributed by atoms with van der Waals surface area (Å²) in [6.07, 6.45) is 2.54. The van der Waals surface area contributed by atoms with Crippen molar-refractivity contribution in [1.29, 1.82) is 0 Å². The third-order valence-electron chi connectivity index (χ3n) is 4.18. The maximum atomic E-state index is 12.3. The first kappa shape index (κ1) is 26.9. The van der Waals surface area contributed by atoms with Crippen molar-refractivity contribution in [2.45, 2.75) is 46.3 Å². The van der Waals surface area contributed by atoms with Gasteiger partial charge in [0.25, 0.3) is 12.6 Å². The second kappa shape index (κ2) is 12.1. The number of benzene rings is 1. The van der Waals surface area contributed by atoms with Gasteiger partial charge in [-0.15, -0.1) is 0 Å². The van der Waals surface area contributed by atoms with Gasteiger partial charge in [-0.05, 0) is 29.0 Å². The summed E-state index contributed by atoms with van der Waals surface area (Å²) in [4.78, 5) is 24.0. The molecule has 0 fully saturated rings. The molecule has 0 bridgehead atoms. The van der Waals surface area contributed by atoms with Crippen LogP contribution in [0.3, 0.4) is 0 Å². The van der Waals surface area contributed by atoms with E-state index >= 15 is 0 Å². The lowest BCUT2D eigenvalue weighted by atomic mass is 9.94. The summed E-state index contributed by atoms with van der Waals surface area (Å²) >= 11 is 0. The zero-order valence-electron chi connectivity index (χ0n) is 18.6. The molecule has 0 saturated heterocycles. The maximum absolute atomic E-state index is 12.3. The highest BCUT2D eigenvalue weighted by Crippen LogP contribution is 2.34. The number of nitrogens with zero attached hydrogens (tertiary/aromatic N) is 1. The smallest absolute Gasteiger partial charge is 0.418 e. The Morgan fingerprint density at radius 2 is 1.53 bits per heavy atom. The fraction of sp³-hybridized carbons (Fsp3) is 0.381. The molecule has 0 aliphatic heterocycles. The molecule has 176 valence electrons. The molecule has 1 N–H and O–H groups in total. The lowest BCUT2D eigenvalue weighted by Gasteiger charge is -2.18. The molecule has 0 saturated carbocycles. The van der Waals surface area contributed by atoms with Gasteiger partial charge in [0, 0.05) is 13.1 Å². The van der Waals surface area contributed by atoms with Crippen LogP contribution in [0.2, 0.25) is 0 Å². The highest BCUT2D eigenvalue weighted by atomic mass is 19.5. The predicted octanol–water partition coefficient (Wildman–Crippen LogP) is 5.05. The number of hydrogen-bond acceptors (Lipinski definition) is 4. The number of carbonyl (C=O) groups is 2. The average Bonchev–Trinajstić information content (AvgIpc) is 2.70. The van der Waals surface area contributed by atoms with Crippen LogP contribution < -0.4 is 14.6 Å². The molecular weight excluding hydrogens is 431 g/mol. The number of rotatable bonds is 6. The van der Waals surface area contributed by atoms with Gasteiger partial charge in [0.15, 0.2) is 12.4 Å². The van der Waals surface area contributed by atoms with Gasteiger partial charge in [-0.3, -0.25) is 4.79 Å². The standard InChI is InChI=1S/C21H26N2O4.BF4/c1-14(2)17-9-6-10-18(15(3)4)19(17)27-21(25)26-13-23-11-7-8-16(12-23)20(24)22-5;2-1(3,4)5/h6-12,14-15H,13H2,1-5H3;/q;-1/p+1. The first-order valence-electron chi connectivity index (χ1n) is 9.89. The summed E-state index contributed by atoms with van der Waals surface area (Å²) < 4.78 is 51.4. The molecule has 0 aliphatic carbocycles. The van der Waals surface area contributed by atoms with E-state index in [-0.39, 0.29) is 24.5 Å². The number of aromatic nitrogens is 1. The van der Waals surface area contributed by atoms with Crippen LogP contribution in [0.1, 0.15) is 61.0 Å². The van der Waals surface area contributed by atoms with E-state index in [0.717, 1.165) is 11.1 Å². The topological polar surface area (TPSA) is 68.5 Å². The van der Waals surface area contributed by atoms with Crippen LogP contribution in [-0.4, -0.2) is 26.4 Å². The van der Waals surface area contributed by atoms with Crippen molar-refractivity contribution in [1.82, 2.24) is 5.32 Å². The molecule has 11 heteroatoms. The van der Waals surface area contributed by atoms with Crippen LogP contribution >= 0.6 is 0 Å². The van der Waals surface area contributed by atoms with Crippen LogP contribution in [0.25, 0.3) is 0 Å². The molecule has 2 rings (SSSR count). The van der Waals surface area contributed by atoms with Gasteiger partial charge in [-0.1, -0.05) is 45.9 Å². The Bertz CT molecular complexity index is 889. The van der Waals surface area contributed by atoms with Gasteiger partial charge >= 0.3 is 13.4 Å². The van der Waals surface area contributed by atoms with Crippen molar-refractivity contribution in [3.8, 4) is 5.75 Å². The molecule has 0 radical (unpaired) electrons. The first-order chi connectivity index (χ1) is 14.8. The van der Waals surface area contributed by atoms with Gasteiger partial charge in [-0.2, -0.15) is 4.57 Å². The number of amides is 1. The highest BCUT2D eigenvalue weighted by molar-refractivity contribution is 6.50. The summed E-state index contributed by atoms with van der Waals surface area (Å²) in [7, 11) is -4.44. The van der Waals surface area contributed by atoms with E-state index < -0.39 is 13.4 Å². The molecular formula is C21H27BF4N2O4. The molecule has 1 amide bonds. The lowest BCUT2D eigenvalue weighted by molar-refractivity contribution is -0.727. The van der Waals surface area contributed by atoms with E-state index in [0.29, 0.717) is 11.3 Å².